The van der Waals surface area contributed by atoms with Crippen LogP contribution in [0, 0.1) is 0 Å². The summed E-state index contributed by atoms with van der Waals surface area (Å²) < 4.78 is 5.99. The minimum atomic E-state index is -0.175. The van der Waals surface area contributed by atoms with Gasteiger partial charge in [0, 0.05) is 17.5 Å². The zero-order valence-electron chi connectivity index (χ0n) is 14.0. The number of phenols is 1. The Morgan fingerprint density at radius 2 is 1.96 bits per heavy atom. The third-order valence-corrected chi connectivity index (χ3v) is 4.87. The Morgan fingerprint density at radius 1 is 1.17 bits per heavy atom. The van der Waals surface area contributed by atoms with Crippen molar-refractivity contribution < 1.29 is 9.84 Å². The van der Waals surface area contributed by atoms with Gasteiger partial charge < -0.3 is 15.3 Å². The number of hydrogen-bond acceptors (Lipinski definition) is 4. The molecule has 0 radical (unpaired) electrons. The fraction of sp³-hybridized carbons (Fsp3) is 0.350. The van der Waals surface area contributed by atoms with Crippen LogP contribution >= 0.6 is 0 Å². The molecule has 0 saturated carbocycles. The van der Waals surface area contributed by atoms with Crippen molar-refractivity contribution in [2.45, 2.75) is 44.8 Å². The first-order valence-corrected chi connectivity index (χ1v) is 8.45. The van der Waals surface area contributed by atoms with Crippen LogP contribution in [0.2, 0.25) is 0 Å². The standard InChI is InChI=1S/C20H22N2O2/c1-20(2)11-10-15-18(24-20)9-8-14(19(15)23)17-12-16(21-22-17)13-6-4-3-5-7-13/h3-9,16,21,23H,10-12H2,1-2H3. The van der Waals surface area contributed by atoms with Gasteiger partial charge in [0.05, 0.1) is 11.8 Å². The summed E-state index contributed by atoms with van der Waals surface area (Å²) in [5.74, 6) is 1.11. The fourth-order valence-corrected chi connectivity index (χ4v) is 3.45. The van der Waals surface area contributed by atoms with Crippen LogP contribution < -0.4 is 10.2 Å². The number of hydrazone groups is 1. The van der Waals surface area contributed by atoms with Crippen molar-refractivity contribution in [3.8, 4) is 11.5 Å². The summed E-state index contributed by atoms with van der Waals surface area (Å²) in [5.41, 5.74) is 6.83. The van der Waals surface area contributed by atoms with Gasteiger partial charge in [0.1, 0.15) is 17.1 Å². The Hall–Kier alpha value is -2.49. The highest BCUT2D eigenvalue weighted by atomic mass is 16.5. The summed E-state index contributed by atoms with van der Waals surface area (Å²) in [6, 6.07) is 14.3. The molecule has 2 N–H and O–H groups in total. The van der Waals surface area contributed by atoms with Gasteiger partial charge in [0.15, 0.2) is 0 Å². The van der Waals surface area contributed by atoms with Gasteiger partial charge in [-0.2, -0.15) is 5.10 Å². The topological polar surface area (TPSA) is 53.9 Å². The first kappa shape index (κ1) is 15.1. The molecule has 4 heteroatoms. The number of rotatable bonds is 2. The van der Waals surface area contributed by atoms with Gasteiger partial charge in [-0.05, 0) is 44.4 Å². The quantitative estimate of drug-likeness (QED) is 0.880. The maximum Gasteiger partial charge on any atom is 0.131 e. The summed E-state index contributed by atoms with van der Waals surface area (Å²) in [6.45, 7) is 4.16. The Balaban J connectivity index is 1.60. The first-order chi connectivity index (χ1) is 11.5. The zero-order chi connectivity index (χ0) is 16.7. The molecule has 4 rings (SSSR count). The van der Waals surface area contributed by atoms with Crippen molar-refractivity contribution in [1.29, 1.82) is 0 Å². The van der Waals surface area contributed by atoms with Gasteiger partial charge in [-0.1, -0.05) is 30.3 Å². The molecule has 2 aliphatic heterocycles. The van der Waals surface area contributed by atoms with E-state index >= 15 is 0 Å². The van der Waals surface area contributed by atoms with Crippen LogP contribution in [0.3, 0.4) is 0 Å². The lowest BCUT2D eigenvalue weighted by Gasteiger charge is -2.33. The van der Waals surface area contributed by atoms with Gasteiger partial charge in [0.2, 0.25) is 0 Å². The number of nitrogens with one attached hydrogen (secondary N) is 1. The first-order valence-electron chi connectivity index (χ1n) is 8.45. The van der Waals surface area contributed by atoms with Crippen molar-refractivity contribution in [2.24, 2.45) is 5.10 Å². The van der Waals surface area contributed by atoms with E-state index in [-0.39, 0.29) is 11.6 Å². The molecule has 0 bridgehead atoms. The monoisotopic (exact) mass is 322 g/mol. The second-order valence-electron chi connectivity index (χ2n) is 7.16. The van der Waals surface area contributed by atoms with Gasteiger partial charge in [-0.25, -0.2) is 0 Å². The van der Waals surface area contributed by atoms with Gasteiger partial charge in [0.25, 0.3) is 0 Å². The van der Waals surface area contributed by atoms with Crippen molar-refractivity contribution >= 4 is 5.71 Å². The molecule has 0 spiro atoms. The second kappa shape index (κ2) is 5.55. The predicted molar refractivity (Wildman–Crippen MR) is 94.6 cm³/mol. The van der Waals surface area contributed by atoms with E-state index in [1.165, 1.54) is 5.56 Å². The van der Waals surface area contributed by atoms with E-state index in [0.717, 1.165) is 41.9 Å². The Kier molecular flexibility index (Phi) is 3.48. The van der Waals surface area contributed by atoms with Crippen molar-refractivity contribution in [3.05, 3.63) is 59.2 Å². The molecule has 124 valence electrons. The molecule has 1 atom stereocenters. The Labute approximate surface area is 142 Å². The summed E-state index contributed by atoms with van der Waals surface area (Å²) in [6.07, 6.45) is 2.49. The fourth-order valence-electron chi connectivity index (χ4n) is 3.45. The Morgan fingerprint density at radius 3 is 2.75 bits per heavy atom. The van der Waals surface area contributed by atoms with Crippen LogP contribution in [0.25, 0.3) is 0 Å². The minimum absolute atomic E-state index is 0.159. The van der Waals surface area contributed by atoms with E-state index in [1.807, 2.05) is 30.3 Å². The van der Waals surface area contributed by atoms with Crippen molar-refractivity contribution in [2.75, 3.05) is 0 Å². The highest BCUT2D eigenvalue weighted by molar-refractivity contribution is 6.04. The predicted octanol–water partition coefficient (Wildman–Crippen LogP) is 3.93. The third-order valence-electron chi connectivity index (χ3n) is 4.87. The van der Waals surface area contributed by atoms with Gasteiger partial charge in [-0.15, -0.1) is 0 Å². The van der Waals surface area contributed by atoms with Crippen molar-refractivity contribution in [1.82, 2.24) is 5.43 Å². The molecule has 0 aliphatic carbocycles. The average molecular weight is 322 g/mol. The second-order valence-corrected chi connectivity index (χ2v) is 7.16. The van der Waals surface area contributed by atoms with E-state index < -0.39 is 0 Å². The Bertz CT molecular complexity index is 797. The van der Waals surface area contributed by atoms with Gasteiger partial charge >= 0.3 is 0 Å². The average Bonchev–Trinajstić information content (AvgIpc) is 3.05. The van der Waals surface area contributed by atoms with E-state index in [0.29, 0.717) is 5.75 Å². The zero-order valence-corrected chi connectivity index (χ0v) is 14.0. The molecule has 24 heavy (non-hydrogen) atoms. The smallest absolute Gasteiger partial charge is 0.131 e. The molecule has 1 unspecified atom stereocenters. The highest BCUT2D eigenvalue weighted by Crippen LogP contribution is 2.41. The molecular weight excluding hydrogens is 300 g/mol. The molecule has 0 aromatic heterocycles. The number of phenolic OH excluding ortho intramolecular Hbond substituents is 1. The number of fused-ring (bicyclic) bond motifs is 1. The summed E-state index contributed by atoms with van der Waals surface area (Å²) in [5, 5.41) is 15.2. The number of ether oxygens (including phenoxy) is 1. The van der Waals surface area contributed by atoms with Gasteiger partial charge in [-0.3, -0.25) is 0 Å². The summed E-state index contributed by atoms with van der Waals surface area (Å²) in [4.78, 5) is 0. The van der Waals surface area contributed by atoms with Crippen LogP contribution in [-0.2, 0) is 6.42 Å². The normalized spacial score (nSPS) is 21.4. The number of nitrogens with zero attached hydrogens (tertiary/aromatic N) is 1. The number of benzene rings is 2. The van der Waals surface area contributed by atoms with Crippen LogP contribution in [0.1, 0.15) is 49.4 Å². The summed E-state index contributed by atoms with van der Waals surface area (Å²) in [7, 11) is 0. The molecule has 0 saturated heterocycles. The van der Waals surface area contributed by atoms with Crippen LogP contribution in [0.4, 0.5) is 0 Å². The largest absolute Gasteiger partial charge is 0.507 e. The van der Waals surface area contributed by atoms with Crippen LogP contribution in [0.15, 0.2) is 47.6 Å². The lowest BCUT2D eigenvalue weighted by Crippen LogP contribution is -2.32. The number of hydrogen-bond donors (Lipinski definition) is 2. The highest BCUT2D eigenvalue weighted by Gasteiger charge is 2.31. The van der Waals surface area contributed by atoms with Crippen molar-refractivity contribution in [3.63, 3.8) is 0 Å². The summed E-state index contributed by atoms with van der Waals surface area (Å²) >= 11 is 0. The molecule has 2 aromatic rings. The molecule has 4 nitrogen and oxygen atoms in total. The third kappa shape index (κ3) is 2.62. The number of aromatic hydroxyl groups is 1. The van der Waals surface area contributed by atoms with Crippen LogP contribution in [-0.4, -0.2) is 16.4 Å². The molecule has 0 amide bonds. The molecule has 2 heterocycles. The van der Waals surface area contributed by atoms with E-state index in [4.69, 9.17) is 4.74 Å². The maximum absolute atomic E-state index is 10.7. The lowest BCUT2D eigenvalue weighted by atomic mass is 9.90. The SMILES string of the molecule is CC1(C)CCc2c(ccc(C3=NNC(c4ccccc4)C3)c2O)O1. The van der Waals surface area contributed by atoms with E-state index in [1.54, 1.807) is 0 Å². The lowest BCUT2D eigenvalue weighted by molar-refractivity contribution is 0.0837. The molecule has 2 aliphatic rings. The maximum atomic E-state index is 10.7. The van der Waals surface area contributed by atoms with Crippen LogP contribution in [0.5, 0.6) is 11.5 Å². The van der Waals surface area contributed by atoms with E-state index in [9.17, 15) is 5.11 Å². The van der Waals surface area contributed by atoms with E-state index in [2.05, 4.69) is 36.5 Å². The molecule has 2 aromatic carbocycles. The molecule has 0 fully saturated rings. The molecular formula is C20H22N2O2. The minimum Gasteiger partial charge on any atom is -0.507 e.